The van der Waals surface area contributed by atoms with Crippen LogP contribution in [0.2, 0.25) is 0 Å². The predicted octanol–water partition coefficient (Wildman–Crippen LogP) is 3.79. The molecule has 6 nitrogen and oxygen atoms in total. The first-order valence-electron chi connectivity index (χ1n) is 11.3. The van der Waals surface area contributed by atoms with Gasteiger partial charge in [-0.15, -0.1) is 0 Å². The lowest BCUT2D eigenvalue weighted by Crippen LogP contribution is -2.46. The summed E-state index contributed by atoms with van der Waals surface area (Å²) in [6, 6.07) is 22.1. The van der Waals surface area contributed by atoms with Crippen LogP contribution in [0.4, 0.5) is 0 Å². The monoisotopic (exact) mass is 436 g/mol. The van der Waals surface area contributed by atoms with E-state index in [4.69, 9.17) is 0 Å². The van der Waals surface area contributed by atoms with Gasteiger partial charge in [0.15, 0.2) is 0 Å². The molecule has 0 saturated carbocycles. The van der Waals surface area contributed by atoms with Crippen LogP contribution in [0.15, 0.2) is 66.7 Å². The molecule has 164 valence electrons. The van der Waals surface area contributed by atoms with Gasteiger partial charge in [0, 0.05) is 60.4 Å². The Morgan fingerprint density at radius 2 is 1.67 bits per heavy atom. The molecule has 1 aromatic heterocycles. The molecule has 0 radical (unpaired) electrons. The number of carbonyl (C=O) groups excluding carboxylic acids is 2. The SMILES string of the molecule is O=C1NCc2c(-c3ccccc3)ccc(-c3cc4cc(C(=O)N5CCNCC5)ccc4[nH]3)c21. The van der Waals surface area contributed by atoms with Gasteiger partial charge in [0.1, 0.15) is 0 Å². The molecule has 0 aliphatic carbocycles. The van der Waals surface area contributed by atoms with E-state index in [1.165, 1.54) is 0 Å². The Labute approximate surface area is 191 Å². The van der Waals surface area contributed by atoms with Gasteiger partial charge in [-0.1, -0.05) is 42.5 Å². The maximum absolute atomic E-state index is 12.9. The number of carbonyl (C=O) groups is 2. The number of H-pyrrole nitrogens is 1. The lowest BCUT2D eigenvalue weighted by atomic mass is 9.92. The smallest absolute Gasteiger partial charge is 0.253 e. The van der Waals surface area contributed by atoms with Crippen LogP contribution in [0.25, 0.3) is 33.3 Å². The zero-order valence-electron chi connectivity index (χ0n) is 18.2. The predicted molar refractivity (Wildman–Crippen MR) is 129 cm³/mol. The number of fused-ring (bicyclic) bond motifs is 2. The van der Waals surface area contributed by atoms with Gasteiger partial charge < -0.3 is 20.5 Å². The molecule has 0 unspecified atom stereocenters. The van der Waals surface area contributed by atoms with Crippen LogP contribution in [0.5, 0.6) is 0 Å². The van der Waals surface area contributed by atoms with Crippen LogP contribution in [-0.2, 0) is 6.54 Å². The van der Waals surface area contributed by atoms with E-state index in [0.717, 1.165) is 70.6 Å². The molecule has 3 heterocycles. The highest BCUT2D eigenvalue weighted by atomic mass is 16.2. The lowest BCUT2D eigenvalue weighted by Gasteiger charge is -2.27. The number of rotatable bonds is 3. The second kappa shape index (κ2) is 7.90. The summed E-state index contributed by atoms with van der Waals surface area (Å²) < 4.78 is 0. The molecule has 2 aliphatic rings. The summed E-state index contributed by atoms with van der Waals surface area (Å²) in [7, 11) is 0. The molecule has 2 amide bonds. The van der Waals surface area contributed by atoms with Crippen molar-refractivity contribution >= 4 is 22.7 Å². The van der Waals surface area contributed by atoms with Crippen molar-refractivity contribution in [3.8, 4) is 22.4 Å². The highest BCUT2D eigenvalue weighted by Crippen LogP contribution is 2.37. The quantitative estimate of drug-likeness (QED) is 0.457. The minimum atomic E-state index is -0.0500. The molecule has 0 atom stereocenters. The summed E-state index contributed by atoms with van der Waals surface area (Å²) in [5.74, 6) is 0.0136. The van der Waals surface area contributed by atoms with Crippen molar-refractivity contribution in [2.24, 2.45) is 0 Å². The minimum Gasteiger partial charge on any atom is -0.355 e. The first kappa shape index (κ1) is 19.8. The fraction of sp³-hybridized carbons (Fsp3) is 0.185. The Morgan fingerprint density at radius 3 is 2.48 bits per heavy atom. The van der Waals surface area contributed by atoms with Gasteiger partial charge in [-0.25, -0.2) is 0 Å². The number of hydrogen-bond acceptors (Lipinski definition) is 3. The second-order valence-electron chi connectivity index (χ2n) is 8.59. The zero-order valence-corrected chi connectivity index (χ0v) is 18.2. The molecule has 3 N–H and O–H groups in total. The van der Waals surface area contributed by atoms with Gasteiger partial charge in [0.05, 0.1) is 5.56 Å². The average molecular weight is 437 g/mol. The van der Waals surface area contributed by atoms with Crippen LogP contribution in [-0.4, -0.2) is 47.9 Å². The van der Waals surface area contributed by atoms with E-state index < -0.39 is 0 Å². The molecule has 1 saturated heterocycles. The van der Waals surface area contributed by atoms with Gasteiger partial charge >= 0.3 is 0 Å². The maximum atomic E-state index is 12.9. The van der Waals surface area contributed by atoms with E-state index in [0.29, 0.717) is 12.1 Å². The fourth-order valence-electron chi connectivity index (χ4n) is 4.92. The van der Waals surface area contributed by atoms with E-state index in [9.17, 15) is 9.59 Å². The number of benzene rings is 3. The van der Waals surface area contributed by atoms with Gasteiger partial charge in [-0.2, -0.15) is 0 Å². The maximum Gasteiger partial charge on any atom is 0.253 e. The molecule has 1 fully saturated rings. The number of amides is 2. The largest absolute Gasteiger partial charge is 0.355 e. The summed E-state index contributed by atoms with van der Waals surface area (Å²) >= 11 is 0. The summed E-state index contributed by atoms with van der Waals surface area (Å²) in [5, 5.41) is 7.23. The number of nitrogens with zero attached hydrogens (tertiary/aromatic N) is 1. The molecule has 2 aliphatic heterocycles. The Balaban J connectivity index is 1.40. The molecule has 0 bridgehead atoms. The second-order valence-corrected chi connectivity index (χ2v) is 8.59. The average Bonchev–Trinajstić information content (AvgIpc) is 3.47. The molecule has 3 aromatic carbocycles. The zero-order chi connectivity index (χ0) is 22.4. The van der Waals surface area contributed by atoms with Gasteiger partial charge in [0.25, 0.3) is 11.8 Å². The minimum absolute atomic E-state index is 0.0500. The Bertz CT molecular complexity index is 1380. The third kappa shape index (κ3) is 3.39. The van der Waals surface area contributed by atoms with Crippen molar-refractivity contribution in [3.63, 3.8) is 0 Å². The number of aromatic nitrogens is 1. The fourth-order valence-corrected chi connectivity index (χ4v) is 4.92. The topological polar surface area (TPSA) is 77.2 Å². The van der Waals surface area contributed by atoms with Crippen molar-refractivity contribution in [1.29, 1.82) is 0 Å². The summed E-state index contributed by atoms with van der Waals surface area (Å²) in [6.07, 6.45) is 0. The summed E-state index contributed by atoms with van der Waals surface area (Å²) in [6.45, 7) is 3.63. The molecule has 6 rings (SSSR count). The van der Waals surface area contributed by atoms with E-state index in [-0.39, 0.29) is 11.8 Å². The molecule has 33 heavy (non-hydrogen) atoms. The molecular weight excluding hydrogens is 412 g/mol. The van der Waals surface area contributed by atoms with Crippen LogP contribution in [0.1, 0.15) is 26.3 Å². The normalized spacial score (nSPS) is 15.5. The summed E-state index contributed by atoms with van der Waals surface area (Å²) in [5.41, 5.74) is 7.32. The molecule has 4 aromatic rings. The van der Waals surface area contributed by atoms with Gasteiger partial charge in [-0.05, 0) is 41.0 Å². The van der Waals surface area contributed by atoms with Gasteiger partial charge in [0.2, 0.25) is 0 Å². The lowest BCUT2D eigenvalue weighted by molar-refractivity contribution is 0.0735. The Kier molecular flexibility index (Phi) is 4.73. The van der Waals surface area contributed by atoms with Crippen molar-refractivity contribution in [2.75, 3.05) is 26.2 Å². The number of nitrogens with one attached hydrogen (secondary N) is 3. The van der Waals surface area contributed by atoms with E-state index in [2.05, 4.69) is 33.8 Å². The Hall–Kier alpha value is -3.90. The van der Waals surface area contributed by atoms with E-state index in [1.807, 2.05) is 53.4 Å². The standard InChI is InChI=1S/C27H24N4O2/c32-26-25-21(8-7-20(22(25)16-29-26)17-4-2-1-3-5-17)24-15-19-14-18(6-9-23(19)30-24)27(33)31-12-10-28-11-13-31/h1-9,14-15,28,30H,10-13,16H2,(H,29,32). The highest BCUT2D eigenvalue weighted by Gasteiger charge is 2.27. The van der Waals surface area contributed by atoms with Gasteiger partial charge in [-0.3, -0.25) is 9.59 Å². The first-order valence-corrected chi connectivity index (χ1v) is 11.3. The van der Waals surface area contributed by atoms with E-state index >= 15 is 0 Å². The number of aromatic amines is 1. The van der Waals surface area contributed by atoms with Crippen LogP contribution >= 0.6 is 0 Å². The highest BCUT2D eigenvalue weighted by molar-refractivity contribution is 6.07. The first-order chi connectivity index (χ1) is 16.2. The van der Waals surface area contributed by atoms with Crippen LogP contribution in [0, 0.1) is 0 Å². The summed E-state index contributed by atoms with van der Waals surface area (Å²) in [4.78, 5) is 31.1. The van der Waals surface area contributed by atoms with E-state index in [1.54, 1.807) is 0 Å². The van der Waals surface area contributed by atoms with Crippen molar-refractivity contribution in [3.05, 3.63) is 83.4 Å². The third-order valence-corrected chi connectivity index (χ3v) is 6.61. The van der Waals surface area contributed by atoms with Crippen molar-refractivity contribution in [1.82, 2.24) is 20.5 Å². The molecule has 0 spiro atoms. The Morgan fingerprint density at radius 1 is 0.879 bits per heavy atom. The molecular formula is C27H24N4O2. The van der Waals surface area contributed by atoms with Crippen molar-refractivity contribution < 1.29 is 9.59 Å². The van der Waals surface area contributed by atoms with Crippen LogP contribution < -0.4 is 10.6 Å². The number of piperazine rings is 1. The third-order valence-electron chi connectivity index (χ3n) is 6.61. The molecule has 6 heteroatoms. The van der Waals surface area contributed by atoms with Crippen LogP contribution in [0.3, 0.4) is 0 Å². The number of hydrogen-bond donors (Lipinski definition) is 3. The van der Waals surface area contributed by atoms with Crippen molar-refractivity contribution in [2.45, 2.75) is 6.54 Å².